The zero-order valence-corrected chi connectivity index (χ0v) is 12.0. The number of halogens is 1. The Balaban J connectivity index is 2.26. The molecular weight excluding hydrogens is 262 g/mol. The lowest BCUT2D eigenvalue weighted by Gasteiger charge is -2.17. The molecule has 0 atom stereocenters. The molecule has 1 fully saturated rings. The van der Waals surface area contributed by atoms with Crippen LogP contribution in [0.3, 0.4) is 0 Å². The van der Waals surface area contributed by atoms with Crippen molar-refractivity contribution in [3.8, 4) is 11.5 Å². The van der Waals surface area contributed by atoms with Crippen LogP contribution in [0.15, 0.2) is 18.2 Å². The summed E-state index contributed by atoms with van der Waals surface area (Å²) in [6.07, 6.45) is 8.76. The van der Waals surface area contributed by atoms with E-state index in [0.29, 0.717) is 17.3 Å². The van der Waals surface area contributed by atoms with Gasteiger partial charge in [0.05, 0.1) is 18.2 Å². The molecule has 0 radical (unpaired) electrons. The Labute approximate surface area is 119 Å². The van der Waals surface area contributed by atoms with Crippen molar-refractivity contribution >= 4 is 17.7 Å². The Bertz CT molecular complexity index is 454. The Morgan fingerprint density at radius 1 is 1.37 bits per heavy atom. The third kappa shape index (κ3) is 3.64. The van der Waals surface area contributed by atoms with Crippen LogP contribution in [0.4, 0.5) is 0 Å². The summed E-state index contributed by atoms with van der Waals surface area (Å²) in [6, 6.07) is 3.81. The third-order valence-electron chi connectivity index (χ3n) is 3.28. The van der Waals surface area contributed by atoms with E-state index in [9.17, 15) is 0 Å². The first-order chi connectivity index (χ1) is 9.24. The van der Waals surface area contributed by atoms with Crippen LogP contribution in [0.25, 0.3) is 6.08 Å². The number of ether oxygens (including phenoxy) is 2. The highest BCUT2D eigenvalue weighted by Crippen LogP contribution is 2.38. The van der Waals surface area contributed by atoms with Crippen LogP contribution in [-0.4, -0.2) is 19.8 Å². The van der Waals surface area contributed by atoms with Gasteiger partial charge < -0.3 is 15.2 Å². The minimum Gasteiger partial charge on any atom is -0.491 e. The molecule has 104 valence electrons. The monoisotopic (exact) mass is 281 g/mol. The molecule has 19 heavy (non-hydrogen) atoms. The van der Waals surface area contributed by atoms with Gasteiger partial charge in [0, 0.05) is 6.54 Å². The van der Waals surface area contributed by atoms with Crippen molar-refractivity contribution < 1.29 is 9.47 Å². The van der Waals surface area contributed by atoms with Crippen LogP contribution >= 0.6 is 11.6 Å². The SMILES string of the molecule is COc1c(Cl)cc(/C=C/CN)cc1OC1CCCC1. The molecule has 4 heteroatoms. The van der Waals surface area contributed by atoms with E-state index in [2.05, 4.69) is 0 Å². The Morgan fingerprint density at radius 3 is 2.74 bits per heavy atom. The van der Waals surface area contributed by atoms with E-state index in [-0.39, 0.29) is 6.10 Å². The molecular formula is C15H20ClNO2. The molecule has 1 aromatic rings. The fraction of sp³-hybridized carbons (Fsp3) is 0.467. The standard InChI is InChI=1S/C15H20ClNO2/c1-18-15-13(16)9-11(5-4-8-17)10-14(15)19-12-6-2-3-7-12/h4-5,9-10,12H,2-3,6-8,17H2,1H3/b5-4+. The van der Waals surface area contributed by atoms with E-state index in [1.807, 2.05) is 24.3 Å². The molecule has 0 unspecified atom stereocenters. The number of hydrogen-bond acceptors (Lipinski definition) is 3. The fourth-order valence-corrected chi connectivity index (χ4v) is 2.66. The maximum atomic E-state index is 6.23. The average Bonchev–Trinajstić information content (AvgIpc) is 2.89. The molecule has 1 aliphatic rings. The van der Waals surface area contributed by atoms with Gasteiger partial charge in [0.15, 0.2) is 11.5 Å². The minimum atomic E-state index is 0.277. The van der Waals surface area contributed by atoms with Gasteiger partial charge >= 0.3 is 0 Å². The summed E-state index contributed by atoms with van der Waals surface area (Å²) in [6.45, 7) is 0.502. The fourth-order valence-electron chi connectivity index (χ4n) is 2.36. The van der Waals surface area contributed by atoms with Gasteiger partial charge in [0.2, 0.25) is 0 Å². The summed E-state index contributed by atoms with van der Waals surface area (Å²) in [7, 11) is 1.61. The predicted molar refractivity (Wildman–Crippen MR) is 79.0 cm³/mol. The second-order valence-electron chi connectivity index (χ2n) is 4.70. The van der Waals surface area contributed by atoms with Crippen molar-refractivity contribution in [2.45, 2.75) is 31.8 Å². The van der Waals surface area contributed by atoms with Crippen LogP contribution in [-0.2, 0) is 0 Å². The van der Waals surface area contributed by atoms with Gasteiger partial charge in [-0.25, -0.2) is 0 Å². The molecule has 0 saturated heterocycles. The lowest BCUT2D eigenvalue weighted by molar-refractivity contribution is 0.201. The molecule has 3 nitrogen and oxygen atoms in total. The molecule has 1 aromatic carbocycles. The van der Waals surface area contributed by atoms with E-state index in [4.69, 9.17) is 26.8 Å². The van der Waals surface area contributed by atoms with Crippen molar-refractivity contribution in [2.24, 2.45) is 5.73 Å². The van der Waals surface area contributed by atoms with E-state index >= 15 is 0 Å². The highest BCUT2D eigenvalue weighted by molar-refractivity contribution is 6.32. The van der Waals surface area contributed by atoms with Crippen molar-refractivity contribution in [3.05, 3.63) is 28.8 Å². The largest absolute Gasteiger partial charge is 0.491 e. The van der Waals surface area contributed by atoms with Gasteiger partial charge in [-0.1, -0.05) is 23.8 Å². The smallest absolute Gasteiger partial charge is 0.179 e. The minimum absolute atomic E-state index is 0.277. The predicted octanol–water partition coefficient (Wildman–Crippen LogP) is 3.64. The summed E-state index contributed by atoms with van der Waals surface area (Å²) in [5.74, 6) is 1.33. The molecule has 0 heterocycles. The molecule has 2 rings (SSSR count). The number of rotatable bonds is 5. The summed E-state index contributed by atoms with van der Waals surface area (Å²) in [5.41, 5.74) is 6.44. The van der Waals surface area contributed by atoms with Gasteiger partial charge in [-0.15, -0.1) is 0 Å². The molecule has 2 N–H and O–H groups in total. The lowest BCUT2D eigenvalue weighted by atomic mass is 10.1. The average molecular weight is 282 g/mol. The molecule has 1 aliphatic carbocycles. The summed E-state index contributed by atoms with van der Waals surface area (Å²) >= 11 is 6.23. The quantitative estimate of drug-likeness (QED) is 0.896. The Morgan fingerprint density at radius 2 is 2.11 bits per heavy atom. The topological polar surface area (TPSA) is 44.5 Å². The first kappa shape index (κ1) is 14.2. The highest BCUT2D eigenvalue weighted by Gasteiger charge is 2.19. The van der Waals surface area contributed by atoms with Crippen LogP contribution in [0.5, 0.6) is 11.5 Å². The van der Waals surface area contributed by atoms with Crippen LogP contribution in [0, 0.1) is 0 Å². The van der Waals surface area contributed by atoms with E-state index < -0.39 is 0 Å². The molecule has 1 saturated carbocycles. The number of hydrogen-bond donors (Lipinski definition) is 1. The zero-order valence-electron chi connectivity index (χ0n) is 11.2. The van der Waals surface area contributed by atoms with Gasteiger partial charge in [0.25, 0.3) is 0 Å². The van der Waals surface area contributed by atoms with E-state index in [1.165, 1.54) is 12.8 Å². The third-order valence-corrected chi connectivity index (χ3v) is 3.56. The Hall–Kier alpha value is -1.19. The van der Waals surface area contributed by atoms with Crippen LogP contribution in [0.1, 0.15) is 31.2 Å². The van der Waals surface area contributed by atoms with Crippen molar-refractivity contribution in [2.75, 3.05) is 13.7 Å². The van der Waals surface area contributed by atoms with Crippen molar-refractivity contribution in [1.82, 2.24) is 0 Å². The zero-order chi connectivity index (χ0) is 13.7. The number of benzene rings is 1. The molecule has 0 bridgehead atoms. The van der Waals surface area contributed by atoms with Crippen molar-refractivity contribution in [3.63, 3.8) is 0 Å². The van der Waals surface area contributed by atoms with Gasteiger partial charge in [-0.2, -0.15) is 0 Å². The number of nitrogens with two attached hydrogens (primary N) is 1. The van der Waals surface area contributed by atoms with Crippen molar-refractivity contribution in [1.29, 1.82) is 0 Å². The molecule has 0 aromatic heterocycles. The second kappa shape index (κ2) is 6.83. The Kier molecular flexibility index (Phi) is 5.11. The van der Waals surface area contributed by atoms with Gasteiger partial charge in [-0.3, -0.25) is 0 Å². The van der Waals surface area contributed by atoms with E-state index in [0.717, 1.165) is 24.2 Å². The van der Waals surface area contributed by atoms with Crippen LogP contribution < -0.4 is 15.2 Å². The summed E-state index contributed by atoms with van der Waals surface area (Å²) in [5, 5.41) is 0.565. The highest BCUT2D eigenvalue weighted by atomic mass is 35.5. The summed E-state index contributed by atoms with van der Waals surface area (Å²) in [4.78, 5) is 0. The first-order valence-corrected chi connectivity index (χ1v) is 7.03. The maximum absolute atomic E-state index is 6.23. The van der Waals surface area contributed by atoms with Crippen LogP contribution in [0.2, 0.25) is 5.02 Å². The second-order valence-corrected chi connectivity index (χ2v) is 5.10. The number of methoxy groups -OCH3 is 1. The first-order valence-electron chi connectivity index (χ1n) is 6.65. The van der Waals surface area contributed by atoms with Gasteiger partial charge in [-0.05, 0) is 43.4 Å². The molecule has 0 amide bonds. The van der Waals surface area contributed by atoms with Gasteiger partial charge in [0.1, 0.15) is 0 Å². The lowest BCUT2D eigenvalue weighted by Crippen LogP contribution is -2.11. The van der Waals surface area contributed by atoms with E-state index in [1.54, 1.807) is 7.11 Å². The molecule has 0 spiro atoms. The maximum Gasteiger partial charge on any atom is 0.179 e. The normalized spacial score (nSPS) is 16.2. The summed E-state index contributed by atoms with van der Waals surface area (Å²) < 4.78 is 11.4. The molecule has 0 aliphatic heterocycles.